The lowest BCUT2D eigenvalue weighted by Gasteiger charge is -2.16. The third-order valence-electron chi connectivity index (χ3n) is 4.75. The minimum Gasteiger partial charge on any atom is -0.312 e. The summed E-state index contributed by atoms with van der Waals surface area (Å²) < 4.78 is 0.972. The summed E-state index contributed by atoms with van der Waals surface area (Å²) in [5.41, 5.74) is 4.61. The maximum Gasteiger partial charge on any atom is 0.231 e. The minimum atomic E-state index is -0.387. The van der Waals surface area contributed by atoms with Gasteiger partial charge in [0.1, 0.15) is 0 Å². The van der Waals surface area contributed by atoms with Crippen molar-refractivity contribution >= 4 is 44.3 Å². The van der Waals surface area contributed by atoms with Crippen LogP contribution in [0.3, 0.4) is 0 Å². The maximum atomic E-state index is 12.7. The fraction of sp³-hybridized carbons (Fsp3) is 0.300. The number of benzene rings is 1. The number of aromatic nitrogens is 2. The van der Waals surface area contributed by atoms with Crippen molar-refractivity contribution in [2.75, 3.05) is 16.8 Å². The van der Waals surface area contributed by atoms with Gasteiger partial charge in [0.25, 0.3) is 0 Å². The van der Waals surface area contributed by atoms with Crippen molar-refractivity contribution in [2.45, 2.75) is 27.2 Å². The van der Waals surface area contributed by atoms with E-state index in [-0.39, 0.29) is 24.2 Å². The van der Waals surface area contributed by atoms with Crippen molar-refractivity contribution in [3.05, 3.63) is 47.2 Å². The Labute approximate surface area is 161 Å². The Morgan fingerprint density at radius 3 is 2.67 bits per heavy atom. The molecule has 1 atom stereocenters. The highest BCUT2D eigenvalue weighted by molar-refractivity contribution is 7.22. The van der Waals surface area contributed by atoms with Crippen molar-refractivity contribution in [2.24, 2.45) is 5.92 Å². The molecule has 3 aromatic rings. The number of anilines is 2. The summed E-state index contributed by atoms with van der Waals surface area (Å²) in [7, 11) is 0. The normalized spacial score (nSPS) is 16.9. The first-order valence-corrected chi connectivity index (χ1v) is 9.65. The predicted molar refractivity (Wildman–Crippen MR) is 107 cm³/mol. The summed E-state index contributed by atoms with van der Waals surface area (Å²) in [5, 5.41) is 3.40. The number of hydrogen-bond acceptors (Lipinski definition) is 5. The highest BCUT2D eigenvalue weighted by atomic mass is 32.1. The molecule has 1 aliphatic heterocycles. The first-order chi connectivity index (χ1) is 12.9. The standard InChI is InChI=1S/C20H20N4O2S/c1-11-4-6-15(7-5-11)24-10-14(9-16(24)25)19(26)23-20-22-18-17(27-20)12(2)8-13(3)21-18/h4-8,14H,9-10H2,1-3H3,(H,21,22,23,26)/t14-/m0/s1. The van der Waals surface area contributed by atoms with Gasteiger partial charge in [-0.1, -0.05) is 29.0 Å². The number of fused-ring (bicyclic) bond motifs is 1. The van der Waals surface area contributed by atoms with E-state index >= 15 is 0 Å². The van der Waals surface area contributed by atoms with Crippen LogP contribution in [0, 0.1) is 26.7 Å². The van der Waals surface area contributed by atoms with Crippen molar-refractivity contribution in [3.63, 3.8) is 0 Å². The van der Waals surface area contributed by atoms with Gasteiger partial charge in [-0.2, -0.15) is 4.98 Å². The molecule has 4 rings (SSSR count). The zero-order valence-corrected chi connectivity index (χ0v) is 16.3. The SMILES string of the molecule is Cc1ccc(N2C[C@@H](C(=O)Nc3nc4nc(C)cc(C)c4s3)CC2=O)cc1. The van der Waals surface area contributed by atoms with Gasteiger partial charge in [0.2, 0.25) is 11.8 Å². The monoisotopic (exact) mass is 380 g/mol. The summed E-state index contributed by atoms with van der Waals surface area (Å²) >= 11 is 1.42. The molecular formula is C20H20N4O2S. The third-order valence-corrected chi connectivity index (χ3v) is 5.84. The highest BCUT2D eigenvalue weighted by Crippen LogP contribution is 2.30. The smallest absolute Gasteiger partial charge is 0.231 e. The molecule has 3 heterocycles. The molecule has 7 heteroatoms. The Balaban J connectivity index is 1.50. The average Bonchev–Trinajstić information content (AvgIpc) is 3.19. The Kier molecular flexibility index (Phi) is 4.39. The number of amides is 2. The lowest BCUT2D eigenvalue weighted by atomic mass is 10.1. The van der Waals surface area contributed by atoms with E-state index in [1.54, 1.807) is 4.90 Å². The summed E-state index contributed by atoms with van der Waals surface area (Å²) in [6, 6.07) is 9.76. The fourth-order valence-corrected chi connectivity index (χ4v) is 4.22. The summed E-state index contributed by atoms with van der Waals surface area (Å²) in [4.78, 5) is 35.6. The molecule has 0 spiro atoms. The number of thiazole rings is 1. The average molecular weight is 380 g/mol. The molecule has 138 valence electrons. The van der Waals surface area contributed by atoms with Gasteiger partial charge in [-0.25, -0.2) is 4.98 Å². The summed E-state index contributed by atoms with van der Waals surface area (Å²) in [6.07, 6.45) is 0.209. The van der Waals surface area contributed by atoms with Crippen molar-refractivity contribution in [1.82, 2.24) is 9.97 Å². The second-order valence-electron chi connectivity index (χ2n) is 6.98. The number of carbonyl (C=O) groups is 2. The second-order valence-corrected chi connectivity index (χ2v) is 7.98. The highest BCUT2D eigenvalue weighted by Gasteiger charge is 2.35. The maximum absolute atomic E-state index is 12.7. The van der Waals surface area contributed by atoms with Crippen molar-refractivity contribution in [1.29, 1.82) is 0 Å². The number of aryl methyl sites for hydroxylation is 3. The van der Waals surface area contributed by atoms with E-state index < -0.39 is 0 Å². The van der Waals surface area contributed by atoms with Gasteiger partial charge >= 0.3 is 0 Å². The molecule has 1 aromatic carbocycles. The summed E-state index contributed by atoms with van der Waals surface area (Å²) in [6.45, 7) is 6.32. The number of pyridine rings is 1. The molecule has 2 aromatic heterocycles. The van der Waals surface area contributed by atoms with Gasteiger partial charge in [-0.15, -0.1) is 0 Å². The van der Waals surface area contributed by atoms with Gasteiger partial charge in [0, 0.05) is 24.3 Å². The molecule has 1 N–H and O–H groups in total. The van der Waals surface area contributed by atoms with Crippen LogP contribution in [-0.4, -0.2) is 28.3 Å². The Morgan fingerprint density at radius 2 is 1.93 bits per heavy atom. The van der Waals surface area contributed by atoms with E-state index in [9.17, 15) is 9.59 Å². The molecule has 1 saturated heterocycles. The molecular weight excluding hydrogens is 360 g/mol. The number of hydrogen-bond donors (Lipinski definition) is 1. The summed E-state index contributed by atoms with van der Waals surface area (Å²) in [5.74, 6) is -0.593. The van der Waals surface area contributed by atoms with Crippen LogP contribution in [0.2, 0.25) is 0 Å². The van der Waals surface area contributed by atoms with E-state index in [2.05, 4.69) is 15.3 Å². The predicted octanol–water partition coefficient (Wildman–Crippen LogP) is 3.61. The van der Waals surface area contributed by atoms with Crippen molar-refractivity contribution < 1.29 is 9.59 Å². The number of nitrogens with one attached hydrogen (secondary N) is 1. The van der Waals surface area contributed by atoms with Crippen LogP contribution in [0.4, 0.5) is 10.8 Å². The van der Waals surface area contributed by atoms with Crippen LogP contribution in [0.5, 0.6) is 0 Å². The zero-order valence-electron chi connectivity index (χ0n) is 15.4. The van der Waals surface area contributed by atoms with E-state index in [0.29, 0.717) is 17.3 Å². The zero-order chi connectivity index (χ0) is 19.1. The molecule has 1 fully saturated rings. The number of nitrogens with zero attached hydrogens (tertiary/aromatic N) is 3. The van der Waals surface area contributed by atoms with E-state index in [1.165, 1.54) is 11.3 Å². The van der Waals surface area contributed by atoms with Crippen LogP contribution in [0.1, 0.15) is 23.2 Å². The first kappa shape index (κ1) is 17.6. The van der Waals surface area contributed by atoms with Crippen LogP contribution in [-0.2, 0) is 9.59 Å². The second kappa shape index (κ2) is 6.74. The van der Waals surface area contributed by atoms with Gasteiger partial charge in [-0.3, -0.25) is 9.59 Å². The van der Waals surface area contributed by atoms with E-state index in [0.717, 1.165) is 27.2 Å². The van der Waals surface area contributed by atoms with Crippen LogP contribution >= 0.6 is 11.3 Å². The molecule has 2 amide bonds. The number of carbonyl (C=O) groups excluding carboxylic acids is 2. The minimum absolute atomic E-state index is 0.0311. The molecule has 0 unspecified atom stereocenters. The van der Waals surface area contributed by atoms with Crippen LogP contribution in [0.25, 0.3) is 10.3 Å². The molecule has 0 saturated carbocycles. The molecule has 1 aliphatic rings. The molecule has 6 nitrogen and oxygen atoms in total. The lowest BCUT2D eigenvalue weighted by molar-refractivity contribution is -0.122. The van der Waals surface area contributed by atoms with E-state index in [4.69, 9.17) is 0 Å². The van der Waals surface area contributed by atoms with Gasteiger partial charge in [-0.05, 0) is 44.5 Å². The van der Waals surface area contributed by atoms with Gasteiger partial charge in [0.15, 0.2) is 10.8 Å². The lowest BCUT2D eigenvalue weighted by Crippen LogP contribution is -2.28. The molecule has 0 radical (unpaired) electrons. The Bertz CT molecular complexity index is 1040. The molecule has 0 aliphatic carbocycles. The largest absolute Gasteiger partial charge is 0.312 e. The first-order valence-electron chi connectivity index (χ1n) is 8.83. The van der Waals surface area contributed by atoms with Crippen LogP contribution < -0.4 is 10.2 Å². The quantitative estimate of drug-likeness (QED) is 0.753. The third kappa shape index (κ3) is 3.42. The van der Waals surface area contributed by atoms with Gasteiger partial charge in [0.05, 0.1) is 10.6 Å². The van der Waals surface area contributed by atoms with Crippen LogP contribution in [0.15, 0.2) is 30.3 Å². The topological polar surface area (TPSA) is 75.2 Å². The Morgan fingerprint density at radius 1 is 1.19 bits per heavy atom. The van der Waals surface area contributed by atoms with E-state index in [1.807, 2.05) is 51.1 Å². The molecule has 0 bridgehead atoms. The Hall–Kier alpha value is -2.80. The van der Waals surface area contributed by atoms with Gasteiger partial charge < -0.3 is 10.2 Å². The fourth-order valence-electron chi connectivity index (χ4n) is 3.34. The van der Waals surface area contributed by atoms with Crippen molar-refractivity contribution in [3.8, 4) is 0 Å². The molecule has 27 heavy (non-hydrogen) atoms. The number of rotatable bonds is 3.